The van der Waals surface area contributed by atoms with E-state index in [2.05, 4.69) is 10.9 Å². The van der Waals surface area contributed by atoms with E-state index in [1.807, 2.05) is 0 Å². The van der Waals surface area contributed by atoms with E-state index in [0.717, 1.165) is 0 Å². The molecule has 2 amide bonds. The van der Waals surface area contributed by atoms with Gasteiger partial charge in [-0.3, -0.25) is 20.4 Å². The van der Waals surface area contributed by atoms with Crippen LogP contribution in [0.2, 0.25) is 5.02 Å². The van der Waals surface area contributed by atoms with Gasteiger partial charge in [-0.15, -0.1) is 0 Å². The van der Waals surface area contributed by atoms with Crippen molar-refractivity contribution < 1.29 is 28.5 Å². The van der Waals surface area contributed by atoms with Crippen molar-refractivity contribution in [3.05, 3.63) is 47.0 Å². The molecule has 2 rings (SSSR count). The Hall–Kier alpha value is -3.13. The van der Waals surface area contributed by atoms with Crippen molar-refractivity contribution in [3.8, 4) is 23.0 Å². The summed E-state index contributed by atoms with van der Waals surface area (Å²) in [4.78, 5) is 24.2. The molecule has 0 spiro atoms. The summed E-state index contributed by atoms with van der Waals surface area (Å²) in [6, 6.07) is 9.69. The Bertz CT molecular complexity index is 827. The normalized spacial score (nSPS) is 9.93. The number of hydrogen-bond donors (Lipinski definition) is 2. The molecular formula is C18H19ClN2O6. The highest BCUT2D eigenvalue weighted by Gasteiger charge is 2.18. The van der Waals surface area contributed by atoms with Crippen molar-refractivity contribution in [2.24, 2.45) is 0 Å². The number of rotatable bonds is 7. The highest BCUT2D eigenvalue weighted by Crippen LogP contribution is 2.34. The van der Waals surface area contributed by atoms with Gasteiger partial charge in [0.05, 0.1) is 31.9 Å². The minimum absolute atomic E-state index is 0.155. The van der Waals surface area contributed by atoms with Crippen molar-refractivity contribution >= 4 is 23.4 Å². The maximum absolute atomic E-state index is 12.4. The van der Waals surface area contributed by atoms with Crippen LogP contribution < -0.4 is 29.8 Å². The van der Waals surface area contributed by atoms with Crippen molar-refractivity contribution in [1.82, 2.24) is 10.9 Å². The molecule has 8 nitrogen and oxygen atoms in total. The van der Waals surface area contributed by atoms with Crippen LogP contribution >= 0.6 is 11.6 Å². The number of methoxy groups -OCH3 is 3. The SMILES string of the molecule is COc1cc(OC)c(C(=O)NNC(=O)COc2ccccc2Cl)cc1OC. The average molecular weight is 395 g/mol. The second-order valence-corrected chi connectivity index (χ2v) is 5.54. The van der Waals surface area contributed by atoms with E-state index in [4.69, 9.17) is 30.5 Å². The van der Waals surface area contributed by atoms with Gasteiger partial charge < -0.3 is 18.9 Å². The van der Waals surface area contributed by atoms with Gasteiger partial charge in [-0.2, -0.15) is 0 Å². The molecule has 0 aliphatic carbocycles. The van der Waals surface area contributed by atoms with E-state index in [0.29, 0.717) is 22.3 Å². The molecule has 0 unspecified atom stereocenters. The first-order valence-electron chi connectivity index (χ1n) is 7.76. The van der Waals surface area contributed by atoms with Gasteiger partial charge in [-0.1, -0.05) is 23.7 Å². The molecule has 0 heterocycles. The summed E-state index contributed by atoms with van der Waals surface area (Å²) in [5.74, 6) is 0.204. The third kappa shape index (κ3) is 5.18. The third-order valence-corrected chi connectivity index (χ3v) is 3.77. The molecule has 144 valence electrons. The maximum atomic E-state index is 12.4. The number of nitrogens with one attached hydrogen (secondary N) is 2. The summed E-state index contributed by atoms with van der Waals surface area (Å²) in [6.45, 7) is -0.326. The molecule has 2 aromatic rings. The van der Waals surface area contributed by atoms with Crippen LogP contribution in [0.3, 0.4) is 0 Å². The number of carbonyl (C=O) groups is 2. The van der Waals surface area contributed by atoms with Crippen LogP contribution in [-0.2, 0) is 4.79 Å². The second kappa shape index (κ2) is 9.54. The molecule has 0 atom stereocenters. The van der Waals surface area contributed by atoms with E-state index in [1.165, 1.54) is 33.5 Å². The fourth-order valence-corrected chi connectivity index (χ4v) is 2.33. The highest BCUT2D eigenvalue weighted by atomic mass is 35.5. The molecule has 0 saturated carbocycles. The Morgan fingerprint density at radius 3 is 2.15 bits per heavy atom. The van der Waals surface area contributed by atoms with Gasteiger partial charge in [0.15, 0.2) is 18.1 Å². The Morgan fingerprint density at radius 2 is 1.52 bits per heavy atom. The van der Waals surface area contributed by atoms with E-state index in [1.54, 1.807) is 24.3 Å². The van der Waals surface area contributed by atoms with Crippen molar-refractivity contribution in [3.63, 3.8) is 0 Å². The molecule has 0 radical (unpaired) electrons. The zero-order valence-electron chi connectivity index (χ0n) is 15.0. The molecular weight excluding hydrogens is 376 g/mol. The van der Waals surface area contributed by atoms with Gasteiger partial charge in [0.2, 0.25) is 0 Å². The lowest BCUT2D eigenvalue weighted by Gasteiger charge is -2.14. The zero-order chi connectivity index (χ0) is 19.8. The number of hydrogen-bond acceptors (Lipinski definition) is 6. The molecule has 2 N–H and O–H groups in total. The molecule has 0 saturated heterocycles. The maximum Gasteiger partial charge on any atom is 0.276 e. The van der Waals surface area contributed by atoms with Crippen LogP contribution in [0.4, 0.5) is 0 Å². The van der Waals surface area contributed by atoms with Crippen LogP contribution in [0.15, 0.2) is 36.4 Å². The van der Waals surface area contributed by atoms with E-state index < -0.39 is 11.8 Å². The van der Waals surface area contributed by atoms with Gasteiger partial charge in [0.1, 0.15) is 11.5 Å². The molecule has 27 heavy (non-hydrogen) atoms. The monoisotopic (exact) mass is 394 g/mol. The fourth-order valence-electron chi connectivity index (χ4n) is 2.14. The largest absolute Gasteiger partial charge is 0.496 e. The van der Waals surface area contributed by atoms with E-state index in [9.17, 15) is 9.59 Å². The Balaban J connectivity index is 1.98. The lowest BCUT2D eigenvalue weighted by atomic mass is 10.1. The summed E-state index contributed by atoms with van der Waals surface area (Å²) >= 11 is 5.94. The predicted octanol–water partition coefficient (Wildman–Crippen LogP) is 2.21. The summed E-state index contributed by atoms with van der Waals surface area (Å²) < 4.78 is 20.8. The van der Waals surface area contributed by atoms with E-state index in [-0.39, 0.29) is 17.9 Å². The third-order valence-electron chi connectivity index (χ3n) is 3.46. The number of amides is 2. The topological polar surface area (TPSA) is 95.1 Å². The molecule has 9 heteroatoms. The fraction of sp³-hybridized carbons (Fsp3) is 0.222. The number of para-hydroxylation sites is 1. The van der Waals surface area contributed by atoms with Crippen LogP contribution in [0.5, 0.6) is 23.0 Å². The molecule has 0 aliphatic rings. The minimum Gasteiger partial charge on any atom is -0.496 e. The molecule has 0 aliphatic heterocycles. The number of halogens is 1. The summed E-state index contributed by atoms with van der Waals surface area (Å²) in [6.07, 6.45) is 0. The standard InChI is InChI=1S/C18H19ClN2O6/c1-24-14-9-16(26-3)15(25-2)8-11(14)18(23)21-20-17(22)10-27-13-7-5-4-6-12(13)19/h4-9H,10H2,1-3H3,(H,20,22)(H,21,23). The minimum atomic E-state index is -0.598. The molecule has 0 bridgehead atoms. The highest BCUT2D eigenvalue weighted by molar-refractivity contribution is 6.32. The number of carbonyl (C=O) groups excluding carboxylic acids is 2. The van der Waals surface area contributed by atoms with Crippen molar-refractivity contribution in [1.29, 1.82) is 0 Å². The van der Waals surface area contributed by atoms with Crippen LogP contribution in [0.25, 0.3) is 0 Å². The lowest BCUT2D eigenvalue weighted by molar-refractivity contribution is -0.123. The summed E-state index contributed by atoms with van der Waals surface area (Å²) in [7, 11) is 4.32. The molecule has 0 aromatic heterocycles. The Morgan fingerprint density at radius 1 is 0.889 bits per heavy atom. The smallest absolute Gasteiger partial charge is 0.276 e. The second-order valence-electron chi connectivity index (χ2n) is 5.13. The predicted molar refractivity (Wildman–Crippen MR) is 98.7 cm³/mol. The first-order valence-corrected chi connectivity index (χ1v) is 8.14. The number of ether oxygens (including phenoxy) is 4. The van der Waals surface area contributed by atoms with Gasteiger partial charge in [0.25, 0.3) is 11.8 Å². The van der Waals surface area contributed by atoms with Crippen LogP contribution in [0, 0.1) is 0 Å². The first-order chi connectivity index (χ1) is 13.0. The summed E-state index contributed by atoms with van der Waals surface area (Å²) in [5.41, 5.74) is 4.69. The van der Waals surface area contributed by atoms with Crippen LogP contribution in [-0.4, -0.2) is 39.8 Å². The summed E-state index contributed by atoms with van der Waals surface area (Å²) in [5, 5.41) is 0.379. The van der Waals surface area contributed by atoms with E-state index >= 15 is 0 Å². The van der Waals surface area contributed by atoms with Gasteiger partial charge >= 0.3 is 0 Å². The van der Waals surface area contributed by atoms with Crippen molar-refractivity contribution in [2.45, 2.75) is 0 Å². The first kappa shape index (κ1) is 20.2. The number of benzene rings is 2. The Labute approximate surface area is 161 Å². The lowest BCUT2D eigenvalue weighted by Crippen LogP contribution is -2.43. The van der Waals surface area contributed by atoms with Crippen molar-refractivity contribution in [2.75, 3.05) is 27.9 Å². The zero-order valence-corrected chi connectivity index (χ0v) is 15.8. The average Bonchev–Trinajstić information content (AvgIpc) is 2.70. The van der Waals surface area contributed by atoms with Gasteiger partial charge in [-0.25, -0.2) is 0 Å². The molecule has 0 fully saturated rings. The van der Waals surface area contributed by atoms with Gasteiger partial charge in [0, 0.05) is 12.1 Å². The number of hydrazine groups is 1. The van der Waals surface area contributed by atoms with Gasteiger partial charge in [-0.05, 0) is 12.1 Å². The molecule has 2 aromatic carbocycles. The quantitative estimate of drug-likeness (QED) is 0.699. The Kier molecular flexibility index (Phi) is 7.13. The van der Waals surface area contributed by atoms with Crippen LogP contribution in [0.1, 0.15) is 10.4 Å².